The third-order valence-corrected chi connectivity index (χ3v) is 1.92. The molecule has 0 atom stereocenters. The summed E-state index contributed by atoms with van der Waals surface area (Å²) < 4.78 is 0. The number of hydrogen-bond donors (Lipinski definition) is 3. The van der Waals surface area contributed by atoms with Crippen molar-refractivity contribution >= 4 is 10.8 Å². The van der Waals surface area contributed by atoms with Crippen LogP contribution in [0.3, 0.4) is 0 Å². The lowest BCUT2D eigenvalue weighted by Gasteiger charge is -2.01. The molecule has 2 aromatic rings. The molecule has 13 heavy (non-hydrogen) atoms. The van der Waals surface area contributed by atoms with Gasteiger partial charge in [-0.3, -0.25) is 0 Å². The molecular weight excluding hydrogens is 168 g/mol. The molecule has 0 bridgehead atoms. The molecule has 0 aliphatic carbocycles. The second kappa shape index (κ2) is 2.55. The van der Waals surface area contributed by atoms with E-state index in [1.165, 1.54) is 24.3 Å². The van der Waals surface area contributed by atoms with E-state index in [4.69, 9.17) is 5.11 Å². The Balaban J connectivity index is 2.81. The predicted molar refractivity (Wildman–Crippen MR) is 48.9 cm³/mol. The van der Waals surface area contributed by atoms with Crippen LogP contribution < -0.4 is 0 Å². The van der Waals surface area contributed by atoms with E-state index in [0.29, 0.717) is 5.39 Å². The Morgan fingerprint density at radius 3 is 2.00 bits per heavy atom. The number of aromatic hydroxyl groups is 3. The maximum Gasteiger partial charge on any atom is 0.158 e. The van der Waals surface area contributed by atoms with Gasteiger partial charge in [0.2, 0.25) is 0 Å². The summed E-state index contributed by atoms with van der Waals surface area (Å²) in [6.07, 6.45) is 0. The van der Waals surface area contributed by atoms with Gasteiger partial charge in [-0.25, -0.2) is 0 Å². The third kappa shape index (κ3) is 1.24. The van der Waals surface area contributed by atoms with E-state index in [-0.39, 0.29) is 17.2 Å². The van der Waals surface area contributed by atoms with E-state index in [0.717, 1.165) is 5.39 Å². The summed E-state index contributed by atoms with van der Waals surface area (Å²) in [6, 6.07) is 7.58. The fourth-order valence-electron chi connectivity index (χ4n) is 1.26. The molecule has 0 amide bonds. The van der Waals surface area contributed by atoms with Crippen molar-refractivity contribution in [3.05, 3.63) is 30.3 Å². The minimum atomic E-state index is -0.182. The number of hydrogen-bond acceptors (Lipinski definition) is 3. The molecule has 66 valence electrons. The van der Waals surface area contributed by atoms with Crippen molar-refractivity contribution in [2.24, 2.45) is 0 Å². The quantitative estimate of drug-likeness (QED) is 0.537. The van der Waals surface area contributed by atoms with Crippen LogP contribution in [0.4, 0.5) is 0 Å². The zero-order valence-corrected chi connectivity index (χ0v) is 6.73. The first-order valence-corrected chi connectivity index (χ1v) is 3.81. The van der Waals surface area contributed by atoms with Gasteiger partial charge in [0.1, 0.15) is 5.75 Å². The lowest BCUT2D eigenvalue weighted by Crippen LogP contribution is -1.74. The third-order valence-electron chi connectivity index (χ3n) is 1.92. The summed E-state index contributed by atoms with van der Waals surface area (Å²) in [6.45, 7) is 0. The number of phenols is 3. The molecular formula is C10H8O3. The first kappa shape index (κ1) is 7.73. The van der Waals surface area contributed by atoms with E-state index < -0.39 is 0 Å². The van der Waals surface area contributed by atoms with Gasteiger partial charge in [0.25, 0.3) is 0 Å². The lowest BCUT2D eigenvalue weighted by atomic mass is 10.1. The Kier molecular flexibility index (Phi) is 1.52. The van der Waals surface area contributed by atoms with E-state index in [1.54, 1.807) is 6.07 Å². The van der Waals surface area contributed by atoms with Crippen molar-refractivity contribution < 1.29 is 15.3 Å². The Bertz CT molecular complexity index is 463. The van der Waals surface area contributed by atoms with Crippen molar-refractivity contribution in [2.45, 2.75) is 0 Å². The van der Waals surface area contributed by atoms with Crippen molar-refractivity contribution in [3.8, 4) is 17.2 Å². The van der Waals surface area contributed by atoms with Crippen LogP contribution >= 0.6 is 0 Å². The van der Waals surface area contributed by atoms with Gasteiger partial charge in [0, 0.05) is 0 Å². The number of rotatable bonds is 0. The first-order chi connectivity index (χ1) is 6.16. The first-order valence-electron chi connectivity index (χ1n) is 3.81. The van der Waals surface area contributed by atoms with Gasteiger partial charge in [0.15, 0.2) is 11.5 Å². The van der Waals surface area contributed by atoms with E-state index in [9.17, 15) is 10.2 Å². The Labute approximate surface area is 74.5 Å². The normalized spacial score (nSPS) is 10.5. The van der Waals surface area contributed by atoms with Gasteiger partial charge in [-0.05, 0) is 35.0 Å². The average molecular weight is 176 g/mol. The fourth-order valence-corrected chi connectivity index (χ4v) is 1.26. The van der Waals surface area contributed by atoms with Crippen LogP contribution in [-0.4, -0.2) is 15.3 Å². The number of phenolic OH excluding ortho intramolecular Hbond substituents is 3. The fraction of sp³-hybridized carbons (Fsp3) is 0. The minimum absolute atomic E-state index is 0.137. The van der Waals surface area contributed by atoms with Crippen LogP contribution in [0, 0.1) is 0 Å². The highest BCUT2D eigenvalue weighted by atomic mass is 16.3. The zero-order chi connectivity index (χ0) is 9.42. The highest BCUT2D eigenvalue weighted by Gasteiger charge is 2.01. The molecule has 3 nitrogen and oxygen atoms in total. The molecule has 0 radical (unpaired) electrons. The van der Waals surface area contributed by atoms with E-state index >= 15 is 0 Å². The molecule has 0 spiro atoms. The lowest BCUT2D eigenvalue weighted by molar-refractivity contribution is 0.405. The maximum absolute atomic E-state index is 9.18. The molecule has 0 heterocycles. The summed E-state index contributed by atoms with van der Waals surface area (Å²) in [5.41, 5.74) is 0. The van der Waals surface area contributed by atoms with Crippen molar-refractivity contribution in [3.63, 3.8) is 0 Å². The molecule has 3 N–H and O–H groups in total. The van der Waals surface area contributed by atoms with Crippen LogP contribution in [0.2, 0.25) is 0 Å². The average Bonchev–Trinajstić information content (AvgIpc) is 2.08. The highest BCUT2D eigenvalue weighted by Crippen LogP contribution is 2.31. The smallest absolute Gasteiger partial charge is 0.158 e. The molecule has 0 fully saturated rings. The molecule has 2 rings (SSSR count). The molecule has 3 heteroatoms. The molecule has 0 aromatic heterocycles. The van der Waals surface area contributed by atoms with Gasteiger partial charge in [-0.2, -0.15) is 0 Å². The van der Waals surface area contributed by atoms with Crippen molar-refractivity contribution in [2.75, 3.05) is 0 Å². The van der Waals surface area contributed by atoms with E-state index in [1.807, 2.05) is 0 Å². The number of benzene rings is 2. The largest absolute Gasteiger partial charge is 0.508 e. The molecule has 0 unspecified atom stereocenters. The summed E-state index contributed by atoms with van der Waals surface area (Å²) in [7, 11) is 0. The second-order valence-electron chi connectivity index (χ2n) is 2.87. The number of fused-ring (bicyclic) bond motifs is 1. The summed E-state index contributed by atoms with van der Waals surface area (Å²) in [5.74, 6) is -0.200. The topological polar surface area (TPSA) is 60.7 Å². The van der Waals surface area contributed by atoms with Crippen LogP contribution in [0.15, 0.2) is 30.3 Å². The summed E-state index contributed by atoms with van der Waals surface area (Å²) in [4.78, 5) is 0. The Hall–Kier alpha value is -1.90. The van der Waals surface area contributed by atoms with Gasteiger partial charge < -0.3 is 15.3 Å². The zero-order valence-electron chi connectivity index (χ0n) is 6.73. The molecule has 0 saturated carbocycles. The highest BCUT2D eigenvalue weighted by molar-refractivity contribution is 5.86. The Morgan fingerprint density at radius 2 is 1.31 bits per heavy atom. The minimum Gasteiger partial charge on any atom is -0.508 e. The van der Waals surface area contributed by atoms with Crippen molar-refractivity contribution in [1.29, 1.82) is 0 Å². The Morgan fingerprint density at radius 1 is 0.692 bits per heavy atom. The van der Waals surface area contributed by atoms with Gasteiger partial charge in [-0.15, -0.1) is 0 Å². The van der Waals surface area contributed by atoms with Crippen molar-refractivity contribution in [1.82, 2.24) is 0 Å². The van der Waals surface area contributed by atoms with E-state index in [2.05, 4.69) is 0 Å². The molecule has 0 saturated heterocycles. The van der Waals surface area contributed by atoms with Gasteiger partial charge in [0.05, 0.1) is 0 Å². The van der Waals surface area contributed by atoms with Gasteiger partial charge in [-0.1, -0.05) is 6.07 Å². The maximum atomic E-state index is 9.18. The second-order valence-corrected chi connectivity index (χ2v) is 2.87. The molecule has 2 aromatic carbocycles. The van der Waals surface area contributed by atoms with Crippen LogP contribution in [0.25, 0.3) is 10.8 Å². The van der Waals surface area contributed by atoms with Gasteiger partial charge >= 0.3 is 0 Å². The summed E-state index contributed by atoms with van der Waals surface area (Å²) >= 11 is 0. The summed E-state index contributed by atoms with van der Waals surface area (Å²) in [5, 5.41) is 29.0. The monoisotopic (exact) mass is 176 g/mol. The van der Waals surface area contributed by atoms with Crippen LogP contribution in [0.1, 0.15) is 0 Å². The van der Waals surface area contributed by atoms with Crippen LogP contribution in [-0.2, 0) is 0 Å². The predicted octanol–water partition coefficient (Wildman–Crippen LogP) is 1.96. The molecule has 0 aliphatic rings. The van der Waals surface area contributed by atoms with Crippen LogP contribution in [0.5, 0.6) is 17.2 Å². The standard InChI is InChI=1S/C10H8O3/c11-8-2-1-6-4-9(12)10(13)5-7(6)3-8/h1-5,11-13H. The molecule has 0 aliphatic heterocycles. The SMILES string of the molecule is Oc1ccc2cc(O)c(O)cc2c1.